The summed E-state index contributed by atoms with van der Waals surface area (Å²) in [7, 11) is 0. The standard InChI is InChI=1S/C13H15Cl2N3/c1-3-18-8-13(16-17-18)4-9(2)10-5-11(14)7-12(15)6-10/h5-9H,3-4H2,1-2H3. The van der Waals surface area contributed by atoms with E-state index in [0.717, 1.165) is 24.2 Å². The zero-order valence-corrected chi connectivity index (χ0v) is 11.9. The summed E-state index contributed by atoms with van der Waals surface area (Å²) in [6.45, 7) is 5.01. The second-order valence-electron chi connectivity index (χ2n) is 4.37. The molecule has 1 atom stereocenters. The lowest BCUT2D eigenvalue weighted by Gasteiger charge is -2.10. The molecule has 0 aliphatic rings. The van der Waals surface area contributed by atoms with Crippen molar-refractivity contribution >= 4 is 23.2 Å². The van der Waals surface area contributed by atoms with Gasteiger partial charge in [0.2, 0.25) is 0 Å². The molecule has 2 rings (SSSR count). The van der Waals surface area contributed by atoms with Crippen molar-refractivity contribution in [3.05, 3.63) is 45.7 Å². The molecular weight excluding hydrogens is 269 g/mol. The number of hydrogen-bond donors (Lipinski definition) is 0. The van der Waals surface area contributed by atoms with Crippen LogP contribution in [-0.2, 0) is 13.0 Å². The zero-order valence-electron chi connectivity index (χ0n) is 10.4. The average molecular weight is 284 g/mol. The van der Waals surface area contributed by atoms with Crippen molar-refractivity contribution in [2.24, 2.45) is 0 Å². The predicted octanol–water partition coefficient (Wildman–Crippen LogP) is 3.95. The lowest BCUT2D eigenvalue weighted by Crippen LogP contribution is -1.99. The third-order valence-corrected chi connectivity index (χ3v) is 3.32. The van der Waals surface area contributed by atoms with Gasteiger partial charge in [-0.25, -0.2) is 0 Å². The van der Waals surface area contributed by atoms with Crippen LogP contribution in [0.2, 0.25) is 10.0 Å². The smallest absolute Gasteiger partial charge is 0.0833 e. The summed E-state index contributed by atoms with van der Waals surface area (Å²) in [4.78, 5) is 0. The van der Waals surface area contributed by atoms with Gasteiger partial charge in [-0.2, -0.15) is 0 Å². The van der Waals surface area contributed by atoms with E-state index in [1.54, 1.807) is 6.07 Å². The topological polar surface area (TPSA) is 30.7 Å². The molecule has 0 bridgehead atoms. The van der Waals surface area contributed by atoms with Crippen molar-refractivity contribution in [2.75, 3.05) is 0 Å². The fourth-order valence-electron chi connectivity index (χ4n) is 1.88. The quantitative estimate of drug-likeness (QED) is 0.851. The Bertz CT molecular complexity index is 517. The van der Waals surface area contributed by atoms with Crippen LogP contribution in [0.15, 0.2) is 24.4 Å². The second kappa shape index (κ2) is 5.72. The molecule has 0 saturated heterocycles. The van der Waals surface area contributed by atoms with E-state index in [0.29, 0.717) is 16.0 Å². The van der Waals surface area contributed by atoms with Gasteiger partial charge in [0, 0.05) is 22.8 Å². The van der Waals surface area contributed by atoms with Crippen LogP contribution in [-0.4, -0.2) is 15.0 Å². The molecular formula is C13H15Cl2N3. The van der Waals surface area contributed by atoms with E-state index in [1.807, 2.05) is 29.9 Å². The number of aromatic nitrogens is 3. The maximum Gasteiger partial charge on any atom is 0.0833 e. The van der Waals surface area contributed by atoms with Gasteiger partial charge in [-0.05, 0) is 43.0 Å². The predicted molar refractivity (Wildman–Crippen MR) is 74.3 cm³/mol. The van der Waals surface area contributed by atoms with Gasteiger partial charge < -0.3 is 0 Å². The summed E-state index contributed by atoms with van der Waals surface area (Å²) in [5, 5.41) is 9.51. The molecule has 0 amide bonds. The minimum Gasteiger partial charge on any atom is -0.253 e. The van der Waals surface area contributed by atoms with Gasteiger partial charge in [0.15, 0.2) is 0 Å². The first kappa shape index (κ1) is 13.4. The highest BCUT2D eigenvalue weighted by Crippen LogP contribution is 2.26. The number of nitrogens with zero attached hydrogens (tertiary/aromatic N) is 3. The molecule has 2 aromatic rings. The Labute approximate surface area is 117 Å². The molecule has 1 aromatic carbocycles. The molecule has 0 aliphatic heterocycles. The van der Waals surface area contributed by atoms with Crippen molar-refractivity contribution in [3.63, 3.8) is 0 Å². The SMILES string of the molecule is CCn1cc(CC(C)c2cc(Cl)cc(Cl)c2)nn1. The summed E-state index contributed by atoms with van der Waals surface area (Å²) in [5.74, 6) is 0.309. The van der Waals surface area contributed by atoms with E-state index in [9.17, 15) is 0 Å². The molecule has 1 aromatic heterocycles. The van der Waals surface area contributed by atoms with E-state index in [2.05, 4.69) is 17.2 Å². The fourth-order valence-corrected chi connectivity index (χ4v) is 2.42. The van der Waals surface area contributed by atoms with Gasteiger partial charge in [-0.3, -0.25) is 4.68 Å². The lowest BCUT2D eigenvalue weighted by atomic mass is 9.96. The molecule has 0 N–H and O–H groups in total. The van der Waals surface area contributed by atoms with Crippen molar-refractivity contribution in [1.29, 1.82) is 0 Å². The van der Waals surface area contributed by atoms with E-state index >= 15 is 0 Å². The number of benzene rings is 1. The Morgan fingerprint density at radius 1 is 1.22 bits per heavy atom. The first-order valence-corrected chi connectivity index (χ1v) is 6.69. The molecule has 3 nitrogen and oxygen atoms in total. The Morgan fingerprint density at radius 3 is 2.44 bits per heavy atom. The third-order valence-electron chi connectivity index (χ3n) is 2.88. The second-order valence-corrected chi connectivity index (χ2v) is 5.25. The molecule has 1 unspecified atom stereocenters. The van der Waals surface area contributed by atoms with E-state index in [4.69, 9.17) is 23.2 Å². The Morgan fingerprint density at radius 2 is 1.89 bits per heavy atom. The molecule has 96 valence electrons. The van der Waals surface area contributed by atoms with Crippen molar-refractivity contribution in [3.8, 4) is 0 Å². The highest BCUT2D eigenvalue weighted by molar-refractivity contribution is 6.34. The van der Waals surface area contributed by atoms with E-state index in [1.165, 1.54) is 0 Å². The normalized spacial score (nSPS) is 12.7. The molecule has 18 heavy (non-hydrogen) atoms. The number of aryl methyl sites for hydroxylation is 1. The van der Waals surface area contributed by atoms with Crippen molar-refractivity contribution in [2.45, 2.75) is 32.7 Å². The Hall–Kier alpha value is -1.06. The summed E-state index contributed by atoms with van der Waals surface area (Å²) < 4.78 is 1.83. The van der Waals surface area contributed by atoms with Crippen LogP contribution in [0.1, 0.15) is 31.0 Å². The minimum absolute atomic E-state index is 0.309. The summed E-state index contributed by atoms with van der Waals surface area (Å²) in [5.41, 5.74) is 2.11. The number of halogens is 2. The van der Waals surface area contributed by atoms with E-state index < -0.39 is 0 Å². The number of rotatable bonds is 4. The highest BCUT2D eigenvalue weighted by Gasteiger charge is 2.11. The van der Waals surface area contributed by atoms with Crippen LogP contribution in [0, 0.1) is 0 Å². The zero-order chi connectivity index (χ0) is 13.1. The highest BCUT2D eigenvalue weighted by atomic mass is 35.5. The maximum atomic E-state index is 6.01. The maximum absolute atomic E-state index is 6.01. The average Bonchev–Trinajstić information content (AvgIpc) is 2.75. The van der Waals surface area contributed by atoms with Crippen LogP contribution < -0.4 is 0 Å². The lowest BCUT2D eigenvalue weighted by molar-refractivity contribution is 0.626. The summed E-state index contributed by atoms with van der Waals surface area (Å²) >= 11 is 12.0. The molecule has 0 radical (unpaired) electrons. The molecule has 0 aliphatic carbocycles. The fraction of sp³-hybridized carbons (Fsp3) is 0.385. The van der Waals surface area contributed by atoms with Gasteiger partial charge >= 0.3 is 0 Å². The first-order chi connectivity index (χ1) is 8.58. The molecule has 0 fully saturated rings. The largest absolute Gasteiger partial charge is 0.253 e. The third kappa shape index (κ3) is 3.24. The first-order valence-electron chi connectivity index (χ1n) is 5.93. The van der Waals surface area contributed by atoms with Gasteiger partial charge in [0.25, 0.3) is 0 Å². The minimum atomic E-state index is 0.309. The van der Waals surface area contributed by atoms with Gasteiger partial charge in [0.05, 0.1) is 5.69 Å². The molecule has 1 heterocycles. The van der Waals surface area contributed by atoms with Gasteiger partial charge in [-0.1, -0.05) is 35.3 Å². The van der Waals surface area contributed by atoms with Crippen LogP contribution in [0.4, 0.5) is 0 Å². The van der Waals surface area contributed by atoms with Crippen molar-refractivity contribution in [1.82, 2.24) is 15.0 Å². The van der Waals surface area contributed by atoms with E-state index in [-0.39, 0.29) is 0 Å². The monoisotopic (exact) mass is 283 g/mol. The molecule has 0 saturated carbocycles. The van der Waals surface area contributed by atoms with Crippen LogP contribution >= 0.6 is 23.2 Å². The van der Waals surface area contributed by atoms with Crippen molar-refractivity contribution < 1.29 is 0 Å². The van der Waals surface area contributed by atoms with Gasteiger partial charge in [0.1, 0.15) is 0 Å². The van der Waals surface area contributed by atoms with Gasteiger partial charge in [-0.15, -0.1) is 5.10 Å². The summed E-state index contributed by atoms with van der Waals surface area (Å²) in [6, 6.07) is 5.64. The number of hydrogen-bond acceptors (Lipinski definition) is 2. The van der Waals surface area contributed by atoms with Crippen LogP contribution in [0.3, 0.4) is 0 Å². The summed E-state index contributed by atoms with van der Waals surface area (Å²) in [6.07, 6.45) is 2.80. The van der Waals surface area contributed by atoms with Crippen LogP contribution in [0.5, 0.6) is 0 Å². The molecule has 0 spiro atoms. The molecule has 5 heteroatoms. The Kier molecular flexibility index (Phi) is 4.25. The Balaban J connectivity index is 2.13. The van der Waals surface area contributed by atoms with Crippen LogP contribution in [0.25, 0.3) is 0 Å².